The summed E-state index contributed by atoms with van der Waals surface area (Å²) in [5.41, 5.74) is 2.94. The Hall–Kier alpha value is -4.37. The molecule has 202 valence electrons. The van der Waals surface area contributed by atoms with Crippen LogP contribution in [0.1, 0.15) is 21.6 Å². The van der Waals surface area contributed by atoms with Crippen LogP contribution < -0.4 is 21.7 Å². The summed E-state index contributed by atoms with van der Waals surface area (Å²) in [5, 5.41) is 2.73. The van der Waals surface area contributed by atoms with Crippen molar-refractivity contribution in [3.8, 4) is 5.69 Å². The average molecular weight is 578 g/mol. The Bertz CT molecular complexity index is 2020. The third-order valence-corrected chi connectivity index (χ3v) is 7.21. The van der Waals surface area contributed by atoms with E-state index in [9.17, 15) is 36.0 Å². The number of nitrogens with one attached hydrogen (secondary N) is 2. The number of hydrogen-bond acceptors (Lipinski definition) is 7. The number of aromatic nitrogens is 3. The highest BCUT2D eigenvalue weighted by Gasteiger charge is 2.34. The van der Waals surface area contributed by atoms with E-state index in [0.29, 0.717) is 28.1 Å². The van der Waals surface area contributed by atoms with Crippen LogP contribution in [0.3, 0.4) is 0 Å². The first-order valence-corrected chi connectivity index (χ1v) is 13.9. The van der Waals surface area contributed by atoms with Gasteiger partial charge in [-0.15, -0.1) is 11.3 Å². The largest absolute Gasteiger partial charge is 0.416 e. The zero-order valence-corrected chi connectivity index (χ0v) is 21.5. The number of sulfonamides is 1. The number of H-pyrrole nitrogens is 1. The number of benzene rings is 2. The molecule has 0 aliphatic carbocycles. The SMILES string of the molecule is CS(=O)(=O)NC(=O)c1c(-n2c(=O)[nH]c3cscc3c2=O)c2cc(C(F)(F)F)ccc2n1Cc1cccc(N)c1. The van der Waals surface area contributed by atoms with Crippen LogP contribution in [0.2, 0.25) is 0 Å². The Balaban J connectivity index is 1.95. The number of alkyl halides is 3. The van der Waals surface area contributed by atoms with Gasteiger partial charge in [-0.05, 0) is 35.9 Å². The number of carbonyl (C=O) groups excluding carboxylic acids is 1. The van der Waals surface area contributed by atoms with E-state index < -0.39 is 50.3 Å². The van der Waals surface area contributed by atoms with Crippen molar-refractivity contribution in [1.82, 2.24) is 18.8 Å². The maximum absolute atomic E-state index is 13.7. The van der Waals surface area contributed by atoms with Crippen LogP contribution in [0.4, 0.5) is 18.9 Å². The monoisotopic (exact) mass is 577 g/mol. The zero-order valence-electron chi connectivity index (χ0n) is 19.9. The molecule has 4 N–H and O–H groups in total. The molecule has 5 rings (SSSR count). The lowest BCUT2D eigenvalue weighted by molar-refractivity contribution is -0.137. The number of nitrogen functional groups attached to an aromatic ring is 1. The van der Waals surface area contributed by atoms with Gasteiger partial charge in [0.25, 0.3) is 11.5 Å². The molecule has 0 radical (unpaired) electrons. The Labute approximate surface area is 221 Å². The van der Waals surface area contributed by atoms with Gasteiger partial charge in [-0.1, -0.05) is 12.1 Å². The number of halogens is 3. The second-order valence-corrected chi connectivity index (χ2v) is 11.2. The van der Waals surface area contributed by atoms with Crippen molar-refractivity contribution in [2.75, 3.05) is 12.0 Å². The van der Waals surface area contributed by atoms with Crippen LogP contribution in [-0.4, -0.2) is 34.7 Å². The molecule has 0 fully saturated rings. The van der Waals surface area contributed by atoms with Gasteiger partial charge in [-0.3, -0.25) is 9.59 Å². The van der Waals surface area contributed by atoms with Gasteiger partial charge in [0, 0.05) is 28.4 Å². The summed E-state index contributed by atoms with van der Waals surface area (Å²) in [4.78, 5) is 42.5. The zero-order chi connectivity index (χ0) is 28.3. The third kappa shape index (κ3) is 4.81. The number of aromatic amines is 1. The summed E-state index contributed by atoms with van der Waals surface area (Å²) in [6.07, 6.45) is -4.08. The first-order chi connectivity index (χ1) is 18.2. The molecular weight excluding hydrogens is 559 g/mol. The number of rotatable bonds is 5. The summed E-state index contributed by atoms with van der Waals surface area (Å²) in [6, 6.07) is 9.01. The molecule has 0 saturated carbocycles. The molecule has 2 aromatic carbocycles. The van der Waals surface area contributed by atoms with Gasteiger partial charge in [0.15, 0.2) is 0 Å². The lowest BCUT2D eigenvalue weighted by Crippen LogP contribution is -2.37. The van der Waals surface area contributed by atoms with E-state index in [4.69, 9.17) is 5.73 Å². The Kier molecular flexibility index (Phi) is 6.14. The molecule has 1 amide bonds. The molecule has 15 heteroatoms. The quantitative estimate of drug-likeness (QED) is 0.274. The van der Waals surface area contributed by atoms with Crippen LogP contribution in [0, 0.1) is 0 Å². The van der Waals surface area contributed by atoms with Gasteiger partial charge < -0.3 is 15.3 Å². The first-order valence-electron chi connectivity index (χ1n) is 11.1. The van der Waals surface area contributed by atoms with E-state index in [2.05, 4.69) is 4.98 Å². The number of anilines is 1. The van der Waals surface area contributed by atoms with Gasteiger partial charge >= 0.3 is 11.9 Å². The molecule has 5 aromatic rings. The molecular formula is C24H18F3N5O5S2. The Morgan fingerprint density at radius 3 is 2.51 bits per heavy atom. The molecule has 3 aromatic heterocycles. The maximum atomic E-state index is 13.7. The average Bonchev–Trinajstić information content (AvgIpc) is 3.40. The molecule has 0 aliphatic rings. The fourth-order valence-corrected chi connectivity index (χ4v) is 5.56. The Morgan fingerprint density at radius 1 is 1.10 bits per heavy atom. The molecule has 0 saturated heterocycles. The standard InChI is InChI=1S/C24H18F3N5O5S2/c1-39(36,37)30-21(33)20-19(32-22(34)16-10-38-11-17(16)29-23(32)35)15-8-13(24(25,26)27)5-6-18(15)31(20)9-12-3-2-4-14(28)7-12/h2-8,10-11H,9,28H2,1H3,(H,29,35)(H,30,33). The van der Waals surface area contributed by atoms with Crippen molar-refractivity contribution >= 4 is 54.8 Å². The number of nitrogens with zero attached hydrogens (tertiary/aromatic N) is 2. The number of nitrogens with two attached hydrogens (primary N) is 1. The minimum absolute atomic E-state index is 0.0378. The molecule has 0 bridgehead atoms. The van der Waals surface area contributed by atoms with Crippen LogP contribution in [0.5, 0.6) is 0 Å². The fourth-order valence-electron chi connectivity index (χ4n) is 4.37. The van der Waals surface area contributed by atoms with E-state index in [1.807, 2.05) is 0 Å². The van der Waals surface area contributed by atoms with Crippen LogP contribution in [0.25, 0.3) is 27.5 Å². The van der Waals surface area contributed by atoms with E-state index in [-0.39, 0.29) is 28.4 Å². The number of thiophene rings is 1. The topological polar surface area (TPSA) is 149 Å². The van der Waals surface area contributed by atoms with Crippen LogP contribution in [-0.2, 0) is 22.7 Å². The van der Waals surface area contributed by atoms with Gasteiger partial charge in [0.05, 0.1) is 33.9 Å². The summed E-state index contributed by atoms with van der Waals surface area (Å²) in [7, 11) is -4.17. The normalized spacial score (nSPS) is 12.3. The molecule has 0 spiro atoms. The fraction of sp³-hybridized carbons (Fsp3) is 0.125. The van der Waals surface area contributed by atoms with E-state index in [1.165, 1.54) is 15.3 Å². The number of amides is 1. The minimum Gasteiger partial charge on any atom is -0.399 e. The van der Waals surface area contributed by atoms with Crippen LogP contribution in [0.15, 0.2) is 62.8 Å². The maximum Gasteiger partial charge on any atom is 0.416 e. The van der Waals surface area contributed by atoms with Crippen LogP contribution >= 0.6 is 11.3 Å². The minimum atomic E-state index is -4.80. The summed E-state index contributed by atoms with van der Waals surface area (Å²) < 4.78 is 68.8. The van der Waals surface area contributed by atoms with Crippen molar-refractivity contribution in [3.63, 3.8) is 0 Å². The number of fused-ring (bicyclic) bond motifs is 2. The highest BCUT2D eigenvalue weighted by Crippen LogP contribution is 2.36. The second kappa shape index (κ2) is 9.13. The lowest BCUT2D eigenvalue weighted by atomic mass is 10.1. The van der Waals surface area contributed by atoms with Gasteiger partial charge in [-0.2, -0.15) is 13.2 Å². The van der Waals surface area contributed by atoms with Crippen molar-refractivity contribution in [2.24, 2.45) is 0 Å². The number of hydrogen-bond donors (Lipinski definition) is 3. The lowest BCUT2D eigenvalue weighted by Gasteiger charge is -2.13. The van der Waals surface area contributed by atoms with Gasteiger partial charge in [-0.25, -0.2) is 22.5 Å². The molecule has 0 atom stereocenters. The highest BCUT2D eigenvalue weighted by atomic mass is 32.2. The van der Waals surface area contributed by atoms with Crippen molar-refractivity contribution < 1.29 is 26.4 Å². The third-order valence-electron chi connectivity index (χ3n) is 5.91. The predicted octanol–water partition coefficient (Wildman–Crippen LogP) is 3.03. The smallest absolute Gasteiger partial charge is 0.399 e. The Morgan fingerprint density at radius 2 is 1.85 bits per heavy atom. The molecule has 39 heavy (non-hydrogen) atoms. The van der Waals surface area contributed by atoms with Gasteiger partial charge in [0.1, 0.15) is 5.69 Å². The molecule has 0 aliphatic heterocycles. The van der Waals surface area contributed by atoms with E-state index in [0.717, 1.165) is 23.5 Å². The van der Waals surface area contributed by atoms with Crippen molar-refractivity contribution in [1.29, 1.82) is 0 Å². The highest BCUT2D eigenvalue weighted by molar-refractivity contribution is 7.89. The summed E-state index contributed by atoms with van der Waals surface area (Å²) in [5.74, 6) is -1.25. The molecule has 0 unspecified atom stereocenters. The molecule has 10 nitrogen and oxygen atoms in total. The summed E-state index contributed by atoms with van der Waals surface area (Å²) in [6.45, 7) is -0.160. The molecule has 3 heterocycles. The second-order valence-electron chi connectivity index (χ2n) is 8.73. The van der Waals surface area contributed by atoms with Crippen molar-refractivity contribution in [2.45, 2.75) is 12.7 Å². The first kappa shape index (κ1) is 26.2. The van der Waals surface area contributed by atoms with E-state index in [1.54, 1.807) is 29.0 Å². The summed E-state index contributed by atoms with van der Waals surface area (Å²) >= 11 is 1.11. The van der Waals surface area contributed by atoms with Crippen molar-refractivity contribution in [3.05, 3.63) is 90.9 Å². The predicted molar refractivity (Wildman–Crippen MR) is 141 cm³/mol. The van der Waals surface area contributed by atoms with Gasteiger partial charge in [0.2, 0.25) is 10.0 Å². The van der Waals surface area contributed by atoms with E-state index >= 15 is 0 Å². The number of carbonyl (C=O) groups is 1.